The molecule has 2 aliphatic rings. The molecule has 1 heterocycles. The minimum absolute atomic E-state index is 0.0704. The molecule has 1 fully saturated rings. The van der Waals surface area contributed by atoms with Gasteiger partial charge in [0.2, 0.25) is 0 Å². The summed E-state index contributed by atoms with van der Waals surface area (Å²) < 4.78 is 6.15. The van der Waals surface area contributed by atoms with Crippen LogP contribution < -0.4 is 0 Å². The van der Waals surface area contributed by atoms with Crippen LogP contribution in [-0.4, -0.2) is 28.7 Å². The van der Waals surface area contributed by atoms with Crippen LogP contribution in [0.5, 0.6) is 0 Å². The lowest BCUT2D eigenvalue weighted by molar-refractivity contribution is -0.136. The Kier molecular flexibility index (Phi) is 3.65. The summed E-state index contributed by atoms with van der Waals surface area (Å²) in [5, 5.41) is 10.0. The van der Waals surface area contributed by atoms with Gasteiger partial charge in [-0.1, -0.05) is 6.08 Å². The van der Waals surface area contributed by atoms with E-state index in [1.807, 2.05) is 19.9 Å². The van der Waals surface area contributed by atoms with E-state index in [0.29, 0.717) is 5.92 Å². The zero-order chi connectivity index (χ0) is 13.4. The first kappa shape index (κ1) is 13.8. The summed E-state index contributed by atoms with van der Waals surface area (Å²) >= 11 is 0. The summed E-state index contributed by atoms with van der Waals surface area (Å²) in [6.45, 7) is 5.78. The highest BCUT2D eigenvalue weighted by atomic mass is 16.5. The molecular weight excluding hydrogens is 228 g/mol. The normalized spacial score (nSPS) is 37.4. The molecule has 0 aromatic rings. The van der Waals surface area contributed by atoms with Gasteiger partial charge in [0.15, 0.2) is 0 Å². The number of ether oxygens (including phenoxy) is 1. The van der Waals surface area contributed by atoms with Gasteiger partial charge in [-0.2, -0.15) is 0 Å². The van der Waals surface area contributed by atoms with Gasteiger partial charge >= 0.3 is 0 Å². The topological polar surface area (TPSA) is 46.5 Å². The van der Waals surface area contributed by atoms with E-state index < -0.39 is 5.60 Å². The number of carbonyl (C=O) groups is 1. The summed E-state index contributed by atoms with van der Waals surface area (Å²) in [5.74, 6) is 0.466. The number of aliphatic hydroxyl groups is 1. The summed E-state index contributed by atoms with van der Waals surface area (Å²) in [7, 11) is 0. The molecule has 1 aliphatic heterocycles. The third kappa shape index (κ3) is 2.67. The predicted octanol–water partition coefficient (Wildman–Crippen LogP) is 2.62. The van der Waals surface area contributed by atoms with Crippen LogP contribution in [0, 0.1) is 5.92 Å². The Morgan fingerprint density at radius 1 is 1.50 bits per heavy atom. The molecule has 0 unspecified atom stereocenters. The molecule has 102 valence electrons. The average molecular weight is 252 g/mol. The zero-order valence-electron chi connectivity index (χ0n) is 11.6. The lowest BCUT2D eigenvalue weighted by atomic mass is 9.77. The van der Waals surface area contributed by atoms with Crippen LogP contribution in [0.15, 0.2) is 11.6 Å². The van der Waals surface area contributed by atoms with Gasteiger partial charge < -0.3 is 9.84 Å². The lowest BCUT2D eigenvalue weighted by Gasteiger charge is -2.37. The monoisotopic (exact) mass is 252 g/mol. The Balaban J connectivity index is 2.02. The Hall–Kier alpha value is -0.670. The van der Waals surface area contributed by atoms with Crippen molar-refractivity contribution in [3.8, 4) is 0 Å². The van der Waals surface area contributed by atoms with Crippen molar-refractivity contribution in [1.29, 1.82) is 0 Å². The molecule has 3 atom stereocenters. The minimum Gasteiger partial charge on any atom is -0.388 e. The molecular formula is C15H24O3. The Morgan fingerprint density at radius 2 is 2.22 bits per heavy atom. The van der Waals surface area contributed by atoms with Crippen LogP contribution >= 0.6 is 0 Å². The van der Waals surface area contributed by atoms with E-state index in [4.69, 9.17) is 4.74 Å². The Labute approximate surface area is 109 Å². The predicted molar refractivity (Wildman–Crippen MR) is 70.3 cm³/mol. The van der Waals surface area contributed by atoms with Gasteiger partial charge in [0.25, 0.3) is 0 Å². The molecule has 1 saturated heterocycles. The number of hydrogen-bond donors (Lipinski definition) is 1. The van der Waals surface area contributed by atoms with Crippen LogP contribution in [0.1, 0.15) is 52.9 Å². The van der Waals surface area contributed by atoms with Crippen molar-refractivity contribution in [2.45, 2.75) is 70.2 Å². The SMILES string of the molecule is CC(C)(O)[C@@H]1CC[C@](C)([C@H]2CC=C(C=O)CC2)O1. The molecule has 1 N–H and O–H groups in total. The molecule has 0 spiro atoms. The van der Waals surface area contributed by atoms with E-state index in [-0.39, 0.29) is 11.7 Å². The molecule has 0 radical (unpaired) electrons. The number of allylic oxidation sites excluding steroid dienone is 2. The summed E-state index contributed by atoms with van der Waals surface area (Å²) in [5.41, 5.74) is 0.0121. The fraction of sp³-hybridized carbons (Fsp3) is 0.800. The van der Waals surface area contributed by atoms with Crippen molar-refractivity contribution in [2.24, 2.45) is 5.92 Å². The molecule has 0 amide bonds. The second kappa shape index (κ2) is 4.78. The number of rotatable bonds is 3. The van der Waals surface area contributed by atoms with E-state index in [9.17, 15) is 9.90 Å². The highest BCUT2D eigenvalue weighted by molar-refractivity contribution is 5.73. The van der Waals surface area contributed by atoms with Gasteiger partial charge in [-0.15, -0.1) is 0 Å². The second-order valence-electron chi connectivity index (χ2n) is 6.48. The molecule has 0 bridgehead atoms. The van der Waals surface area contributed by atoms with Crippen molar-refractivity contribution < 1.29 is 14.6 Å². The molecule has 3 nitrogen and oxygen atoms in total. The van der Waals surface area contributed by atoms with Gasteiger partial charge in [0, 0.05) is 0 Å². The lowest BCUT2D eigenvalue weighted by Crippen LogP contribution is -2.41. The number of carbonyl (C=O) groups excluding carboxylic acids is 1. The molecule has 0 aromatic heterocycles. The van der Waals surface area contributed by atoms with Gasteiger partial charge in [-0.05, 0) is 64.4 Å². The molecule has 18 heavy (non-hydrogen) atoms. The maximum atomic E-state index is 10.7. The zero-order valence-corrected chi connectivity index (χ0v) is 11.6. The Bertz CT molecular complexity index is 353. The van der Waals surface area contributed by atoms with E-state index in [0.717, 1.165) is 44.0 Å². The van der Waals surface area contributed by atoms with E-state index in [1.165, 1.54) is 0 Å². The van der Waals surface area contributed by atoms with Crippen molar-refractivity contribution in [2.75, 3.05) is 0 Å². The first-order chi connectivity index (χ1) is 8.35. The van der Waals surface area contributed by atoms with Crippen LogP contribution in [0.4, 0.5) is 0 Å². The first-order valence-corrected chi connectivity index (χ1v) is 6.89. The first-order valence-electron chi connectivity index (χ1n) is 6.89. The van der Waals surface area contributed by atoms with Gasteiger partial charge in [-0.3, -0.25) is 4.79 Å². The van der Waals surface area contributed by atoms with Gasteiger partial charge in [0.1, 0.15) is 6.29 Å². The maximum Gasteiger partial charge on any atom is 0.145 e. The third-order valence-electron chi connectivity index (χ3n) is 4.56. The molecule has 0 saturated carbocycles. The van der Waals surface area contributed by atoms with Crippen molar-refractivity contribution in [1.82, 2.24) is 0 Å². The molecule has 2 rings (SSSR count). The smallest absolute Gasteiger partial charge is 0.145 e. The van der Waals surface area contributed by atoms with Gasteiger partial charge in [0.05, 0.1) is 17.3 Å². The van der Waals surface area contributed by atoms with Crippen LogP contribution in [0.2, 0.25) is 0 Å². The largest absolute Gasteiger partial charge is 0.388 e. The molecule has 3 heteroatoms. The number of aldehydes is 1. The second-order valence-corrected chi connectivity index (χ2v) is 6.48. The maximum absolute atomic E-state index is 10.7. The van der Waals surface area contributed by atoms with Crippen molar-refractivity contribution in [3.05, 3.63) is 11.6 Å². The van der Waals surface area contributed by atoms with Crippen LogP contribution in [-0.2, 0) is 9.53 Å². The van der Waals surface area contributed by atoms with Crippen molar-refractivity contribution >= 4 is 6.29 Å². The average Bonchev–Trinajstić information content (AvgIpc) is 2.73. The summed E-state index contributed by atoms with van der Waals surface area (Å²) in [6.07, 6.45) is 7.65. The van der Waals surface area contributed by atoms with E-state index in [1.54, 1.807) is 0 Å². The quantitative estimate of drug-likeness (QED) is 0.785. The molecule has 0 aromatic carbocycles. The summed E-state index contributed by atoms with van der Waals surface area (Å²) in [4.78, 5) is 10.7. The third-order valence-corrected chi connectivity index (χ3v) is 4.56. The van der Waals surface area contributed by atoms with Gasteiger partial charge in [-0.25, -0.2) is 0 Å². The van der Waals surface area contributed by atoms with E-state index >= 15 is 0 Å². The molecule has 1 aliphatic carbocycles. The standard InChI is InChI=1S/C15H24O3/c1-14(2,17)13-8-9-15(3,18-13)12-6-4-11(10-16)5-7-12/h4,10,12-13,17H,5-9H2,1-3H3/t12-,13-,15+/m0/s1. The minimum atomic E-state index is -0.768. The summed E-state index contributed by atoms with van der Waals surface area (Å²) in [6, 6.07) is 0. The van der Waals surface area contributed by atoms with Crippen LogP contribution in [0.3, 0.4) is 0 Å². The highest BCUT2D eigenvalue weighted by Gasteiger charge is 2.46. The van der Waals surface area contributed by atoms with E-state index in [2.05, 4.69) is 6.92 Å². The number of hydrogen-bond acceptors (Lipinski definition) is 3. The highest BCUT2D eigenvalue weighted by Crippen LogP contribution is 2.44. The fourth-order valence-electron chi connectivity index (χ4n) is 3.17. The van der Waals surface area contributed by atoms with Crippen molar-refractivity contribution in [3.63, 3.8) is 0 Å². The Morgan fingerprint density at radius 3 is 2.67 bits per heavy atom. The van der Waals surface area contributed by atoms with Crippen LogP contribution in [0.25, 0.3) is 0 Å². The fourth-order valence-corrected chi connectivity index (χ4v) is 3.17.